The molecule has 2 atom stereocenters. The molecule has 2 aliphatic rings. The van der Waals surface area contributed by atoms with Gasteiger partial charge >= 0.3 is 6.18 Å². The Morgan fingerprint density at radius 2 is 1.79 bits per heavy atom. The summed E-state index contributed by atoms with van der Waals surface area (Å²) in [6.45, 7) is 14.9. The van der Waals surface area contributed by atoms with Crippen LogP contribution in [0.15, 0.2) is 24.4 Å². The molecular formula is C31H43F3N2O2. The van der Waals surface area contributed by atoms with E-state index in [9.17, 15) is 23.4 Å². The zero-order chi connectivity index (χ0) is 28.4. The van der Waals surface area contributed by atoms with Crippen LogP contribution >= 0.6 is 0 Å². The van der Waals surface area contributed by atoms with E-state index in [0.717, 1.165) is 66.3 Å². The number of aliphatic hydroxyl groups excluding tert-OH is 2. The van der Waals surface area contributed by atoms with Gasteiger partial charge in [0.25, 0.3) is 0 Å². The number of aromatic nitrogens is 2. The maximum atomic E-state index is 13.0. The highest BCUT2D eigenvalue weighted by Crippen LogP contribution is 2.48. The van der Waals surface area contributed by atoms with E-state index >= 15 is 0 Å². The fraction of sp³-hybridized carbons (Fsp3) is 0.613. The lowest BCUT2D eigenvalue weighted by Crippen LogP contribution is -2.29. The van der Waals surface area contributed by atoms with Crippen LogP contribution in [0.1, 0.15) is 138 Å². The van der Waals surface area contributed by atoms with Gasteiger partial charge in [0.2, 0.25) is 0 Å². The molecule has 0 saturated heterocycles. The van der Waals surface area contributed by atoms with Gasteiger partial charge in [-0.1, -0.05) is 67.0 Å². The predicted molar refractivity (Wildman–Crippen MR) is 146 cm³/mol. The molecule has 0 spiro atoms. The number of hydrogen-bond donors (Lipinski definition) is 2. The highest BCUT2D eigenvalue weighted by Gasteiger charge is 2.38. The molecule has 0 aliphatic heterocycles. The summed E-state index contributed by atoms with van der Waals surface area (Å²) in [5.41, 5.74) is 3.99. The fourth-order valence-electron chi connectivity index (χ4n) is 5.19. The number of pyridine rings is 2. The van der Waals surface area contributed by atoms with Crippen LogP contribution in [0.2, 0.25) is 0 Å². The van der Waals surface area contributed by atoms with Gasteiger partial charge in [-0.3, -0.25) is 9.97 Å². The van der Waals surface area contributed by atoms with Gasteiger partial charge < -0.3 is 10.2 Å². The van der Waals surface area contributed by atoms with Crippen LogP contribution in [0.4, 0.5) is 13.2 Å². The average molecular weight is 533 g/mol. The normalized spacial score (nSPS) is 19.6. The van der Waals surface area contributed by atoms with E-state index < -0.39 is 24.1 Å². The molecule has 0 radical (unpaired) electrons. The Morgan fingerprint density at radius 3 is 2.26 bits per heavy atom. The maximum Gasteiger partial charge on any atom is 0.433 e. The lowest BCUT2D eigenvalue weighted by Gasteiger charge is -2.37. The lowest BCUT2D eigenvalue weighted by atomic mass is 9.71. The Hall–Kier alpha value is -2.25. The minimum Gasteiger partial charge on any atom is -0.388 e. The minimum atomic E-state index is -4.54. The highest BCUT2D eigenvalue weighted by atomic mass is 19.4. The van der Waals surface area contributed by atoms with E-state index in [1.54, 1.807) is 0 Å². The van der Waals surface area contributed by atoms with Gasteiger partial charge in [-0.15, -0.1) is 0 Å². The van der Waals surface area contributed by atoms with Crippen molar-refractivity contribution in [2.45, 2.75) is 111 Å². The van der Waals surface area contributed by atoms with E-state index in [-0.39, 0.29) is 16.9 Å². The van der Waals surface area contributed by atoms with Crippen molar-refractivity contribution in [2.75, 3.05) is 0 Å². The third kappa shape index (κ3) is 6.84. The molecule has 0 bridgehead atoms. The molecule has 0 aromatic carbocycles. The summed E-state index contributed by atoms with van der Waals surface area (Å²) in [6, 6.07) is 2.17. The molecule has 38 heavy (non-hydrogen) atoms. The Labute approximate surface area is 225 Å². The van der Waals surface area contributed by atoms with Crippen molar-refractivity contribution < 1.29 is 23.4 Å². The first kappa shape index (κ1) is 30.3. The molecule has 2 aliphatic carbocycles. The van der Waals surface area contributed by atoms with Gasteiger partial charge in [0.05, 0.1) is 6.10 Å². The Balaban J connectivity index is 0.000000732. The van der Waals surface area contributed by atoms with E-state index in [2.05, 4.69) is 45.7 Å². The first-order chi connectivity index (χ1) is 17.7. The second-order valence-corrected chi connectivity index (χ2v) is 12.2. The molecule has 7 heteroatoms. The van der Waals surface area contributed by atoms with Crippen LogP contribution < -0.4 is 0 Å². The minimum absolute atomic E-state index is 0.0229. The van der Waals surface area contributed by atoms with Crippen molar-refractivity contribution in [1.29, 1.82) is 0 Å². The van der Waals surface area contributed by atoms with Crippen LogP contribution in [0.25, 0.3) is 5.57 Å². The van der Waals surface area contributed by atoms with Crippen molar-refractivity contribution in [3.8, 4) is 0 Å². The molecular weight excluding hydrogens is 489 g/mol. The SMILES string of the molecule is CC(C)c1nc2c(c(C3=CCCC3)c1[C@@H](O)c1ccc(C(F)(F)F)nc1)C(O)CC(C)(C)C2.CCC(C)C. The molecule has 2 N–H and O–H groups in total. The Morgan fingerprint density at radius 1 is 1.13 bits per heavy atom. The van der Waals surface area contributed by atoms with Gasteiger partial charge in [0.1, 0.15) is 11.8 Å². The summed E-state index contributed by atoms with van der Waals surface area (Å²) < 4.78 is 39.0. The predicted octanol–water partition coefficient (Wildman–Crippen LogP) is 8.33. The van der Waals surface area contributed by atoms with Crippen LogP contribution in [0.5, 0.6) is 0 Å². The van der Waals surface area contributed by atoms with Gasteiger partial charge in [0.15, 0.2) is 0 Å². The Kier molecular flexibility index (Phi) is 9.46. The van der Waals surface area contributed by atoms with Crippen molar-refractivity contribution in [2.24, 2.45) is 11.3 Å². The molecule has 2 heterocycles. The van der Waals surface area contributed by atoms with Crippen LogP contribution in [0, 0.1) is 11.3 Å². The number of nitrogens with zero attached hydrogens (tertiary/aromatic N) is 2. The maximum absolute atomic E-state index is 13.0. The van der Waals surface area contributed by atoms with E-state index in [1.807, 2.05) is 13.8 Å². The third-order valence-corrected chi connectivity index (χ3v) is 7.50. The molecule has 0 saturated carbocycles. The quantitative estimate of drug-likeness (QED) is 0.406. The molecule has 4 rings (SSSR count). The number of aliphatic hydroxyl groups is 2. The monoisotopic (exact) mass is 532 g/mol. The summed E-state index contributed by atoms with van der Waals surface area (Å²) in [5.74, 6) is 0.861. The Bertz CT molecular complexity index is 1140. The molecule has 210 valence electrons. The standard InChI is InChI=1S/C26H31F3N2O2.C5H12/c1-14(2)23-22(24(33)16-9-10-19(30-13-16)26(27,28)29)20(15-7-5-6-8-15)21-17(31-23)11-25(3,4)12-18(21)32;1-4-5(2)3/h7,9-10,13-14,18,24,32-33H,5-6,8,11-12H2,1-4H3;5H,4H2,1-3H3/t18?,24-;/m0./s1. The number of rotatable bonds is 5. The number of hydrogen-bond acceptors (Lipinski definition) is 4. The van der Waals surface area contributed by atoms with Crippen LogP contribution in [-0.4, -0.2) is 20.2 Å². The second-order valence-electron chi connectivity index (χ2n) is 12.2. The topological polar surface area (TPSA) is 66.2 Å². The number of alkyl halides is 3. The number of fused-ring (bicyclic) bond motifs is 1. The zero-order valence-corrected chi connectivity index (χ0v) is 23.8. The van der Waals surface area contributed by atoms with Gasteiger partial charge in [-0.25, -0.2) is 0 Å². The smallest absolute Gasteiger partial charge is 0.388 e. The molecule has 2 aromatic heterocycles. The highest BCUT2D eigenvalue weighted by molar-refractivity contribution is 5.75. The van der Waals surface area contributed by atoms with E-state index in [1.165, 1.54) is 12.5 Å². The van der Waals surface area contributed by atoms with E-state index in [4.69, 9.17) is 4.98 Å². The summed E-state index contributed by atoms with van der Waals surface area (Å²) in [7, 11) is 0. The third-order valence-electron chi connectivity index (χ3n) is 7.50. The summed E-state index contributed by atoms with van der Waals surface area (Å²) in [5, 5.41) is 22.7. The van der Waals surface area contributed by atoms with Crippen molar-refractivity contribution in [3.63, 3.8) is 0 Å². The van der Waals surface area contributed by atoms with Gasteiger partial charge in [-0.05, 0) is 66.6 Å². The van der Waals surface area contributed by atoms with Gasteiger partial charge in [0, 0.05) is 34.3 Å². The van der Waals surface area contributed by atoms with Crippen LogP contribution in [-0.2, 0) is 12.6 Å². The summed E-state index contributed by atoms with van der Waals surface area (Å²) >= 11 is 0. The zero-order valence-electron chi connectivity index (χ0n) is 23.8. The van der Waals surface area contributed by atoms with Crippen molar-refractivity contribution >= 4 is 5.57 Å². The summed E-state index contributed by atoms with van der Waals surface area (Å²) in [4.78, 5) is 8.50. The first-order valence-corrected chi connectivity index (χ1v) is 13.8. The largest absolute Gasteiger partial charge is 0.433 e. The molecule has 0 fully saturated rings. The van der Waals surface area contributed by atoms with E-state index in [0.29, 0.717) is 17.7 Å². The molecule has 2 aromatic rings. The molecule has 0 amide bonds. The van der Waals surface area contributed by atoms with Crippen molar-refractivity contribution in [3.05, 3.63) is 63.7 Å². The first-order valence-electron chi connectivity index (χ1n) is 13.8. The second kappa shape index (κ2) is 11.9. The number of halogens is 3. The van der Waals surface area contributed by atoms with Gasteiger partial charge in [-0.2, -0.15) is 13.2 Å². The van der Waals surface area contributed by atoms with Crippen molar-refractivity contribution in [1.82, 2.24) is 9.97 Å². The lowest BCUT2D eigenvalue weighted by molar-refractivity contribution is -0.141. The average Bonchev–Trinajstić information content (AvgIpc) is 3.36. The number of allylic oxidation sites excluding steroid dienone is 2. The van der Waals surface area contributed by atoms with Crippen LogP contribution in [0.3, 0.4) is 0 Å². The fourth-order valence-corrected chi connectivity index (χ4v) is 5.19. The summed E-state index contributed by atoms with van der Waals surface area (Å²) in [6.07, 6.45) is 2.12. The molecule has 4 nitrogen and oxygen atoms in total. The molecule has 1 unspecified atom stereocenters.